The zero-order chi connectivity index (χ0) is 15.1. The highest BCUT2D eigenvalue weighted by molar-refractivity contribution is 7.07. The quantitative estimate of drug-likeness (QED) is 0.691. The van der Waals surface area contributed by atoms with E-state index in [1.807, 2.05) is 17.5 Å². The van der Waals surface area contributed by atoms with E-state index >= 15 is 0 Å². The maximum Gasteiger partial charge on any atom is 0.190 e. The summed E-state index contributed by atoms with van der Waals surface area (Å²) in [5, 5.41) is 1.96. The Morgan fingerprint density at radius 3 is 2.77 bits per heavy atom. The van der Waals surface area contributed by atoms with Gasteiger partial charge < -0.3 is 8.98 Å². The number of rotatable bonds is 3. The van der Waals surface area contributed by atoms with Gasteiger partial charge in [-0.3, -0.25) is 0 Å². The van der Waals surface area contributed by atoms with Crippen molar-refractivity contribution in [2.24, 2.45) is 4.99 Å². The van der Waals surface area contributed by atoms with E-state index < -0.39 is 11.6 Å². The van der Waals surface area contributed by atoms with Crippen molar-refractivity contribution in [3.05, 3.63) is 58.4 Å². The number of hydrogen-bond acceptors (Lipinski definition) is 3. The number of aromatic nitrogens is 1. The predicted octanol–water partition coefficient (Wildman–Crippen LogP) is 4.66. The molecule has 2 aromatic heterocycles. The van der Waals surface area contributed by atoms with Gasteiger partial charge in [0.25, 0.3) is 0 Å². The fourth-order valence-electron chi connectivity index (χ4n) is 2.37. The van der Waals surface area contributed by atoms with Gasteiger partial charge in [0.1, 0.15) is 11.5 Å². The molecule has 1 aliphatic rings. The summed E-state index contributed by atoms with van der Waals surface area (Å²) in [5.41, 5.74) is 1.09. The molecular formula is C16H12F2N2OS. The molecule has 0 unspecified atom stereocenters. The van der Waals surface area contributed by atoms with Crippen molar-refractivity contribution in [2.45, 2.75) is 18.9 Å². The molecule has 22 heavy (non-hydrogen) atoms. The fraction of sp³-hybridized carbons (Fsp3) is 0.188. The molecule has 0 saturated heterocycles. The van der Waals surface area contributed by atoms with Crippen LogP contribution in [-0.2, 0) is 0 Å². The van der Waals surface area contributed by atoms with Gasteiger partial charge in [-0.05, 0) is 37.1 Å². The summed E-state index contributed by atoms with van der Waals surface area (Å²) in [4.78, 5) is 5.07. The Morgan fingerprint density at radius 1 is 1.23 bits per heavy atom. The van der Waals surface area contributed by atoms with Crippen molar-refractivity contribution in [3.8, 4) is 11.5 Å². The van der Waals surface area contributed by atoms with E-state index in [-0.39, 0.29) is 5.69 Å². The second kappa shape index (κ2) is 5.21. The van der Waals surface area contributed by atoms with Crippen molar-refractivity contribution in [3.63, 3.8) is 0 Å². The molecule has 1 fully saturated rings. The first-order valence-electron chi connectivity index (χ1n) is 6.96. The lowest BCUT2D eigenvalue weighted by molar-refractivity contribution is 0.570. The van der Waals surface area contributed by atoms with Crippen LogP contribution in [-0.4, -0.2) is 4.57 Å². The third kappa shape index (κ3) is 2.39. The number of furan rings is 1. The molecule has 0 N–H and O–H groups in total. The summed E-state index contributed by atoms with van der Waals surface area (Å²) in [6.45, 7) is 0. The molecule has 0 bridgehead atoms. The number of hydrogen-bond donors (Lipinski definition) is 0. The minimum atomic E-state index is -0.657. The van der Waals surface area contributed by atoms with Gasteiger partial charge in [0.15, 0.2) is 16.4 Å². The SMILES string of the molecule is Fc1ccc(N=c2scc(-c3ccco3)n2C2CC2)c(F)c1. The first kappa shape index (κ1) is 13.5. The third-order valence-corrected chi connectivity index (χ3v) is 4.39. The van der Waals surface area contributed by atoms with E-state index in [4.69, 9.17) is 4.42 Å². The van der Waals surface area contributed by atoms with Crippen LogP contribution in [0, 0.1) is 11.6 Å². The van der Waals surface area contributed by atoms with E-state index in [0.717, 1.165) is 30.4 Å². The average molecular weight is 318 g/mol. The van der Waals surface area contributed by atoms with E-state index in [1.54, 1.807) is 6.26 Å². The second-order valence-corrected chi connectivity index (χ2v) is 6.03. The van der Waals surface area contributed by atoms with Gasteiger partial charge in [-0.1, -0.05) is 0 Å². The molecule has 6 heteroatoms. The molecule has 4 rings (SSSR count). The van der Waals surface area contributed by atoms with Crippen molar-refractivity contribution >= 4 is 17.0 Å². The first-order valence-corrected chi connectivity index (χ1v) is 7.84. The van der Waals surface area contributed by atoms with Crippen LogP contribution in [0.1, 0.15) is 18.9 Å². The summed E-state index contributed by atoms with van der Waals surface area (Å²) in [7, 11) is 0. The van der Waals surface area contributed by atoms with Gasteiger partial charge in [0.2, 0.25) is 0 Å². The Hall–Kier alpha value is -2.21. The molecular weight excluding hydrogens is 306 g/mol. The van der Waals surface area contributed by atoms with Crippen molar-refractivity contribution in [2.75, 3.05) is 0 Å². The van der Waals surface area contributed by atoms with Crippen LogP contribution in [0.3, 0.4) is 0 Å². The smallest absolute Gasteiger partial charge is 0.190 e. The molecule has 1 saturated carbocycles. The second-order valence-electron chi connectivity index (χ2n) is 5.19. The molecule has 0 aliphatic heterocycles. The highest BCUT2D eigenvalue weighted by Gasteiger charge is 2.28. The molecule has 112 valence electrons. The van der Waals surface area contributed by atoms with E-state index in [0.29, 0.717) is 10.8 Å². The lowest BCUT2D eigenvalue weighted by Gasteiger charge is -2.05. The Bertz CT molecular complexity index is 876. The molecule has 1 aliphatic carbocycles. The highest BCUT2D eigenvalue weighted by atomic mass is 32.1. The van der Waals surface area contributed by atoms with Gasteiger partial charge in [0, 0.05) is 17.5 Å². The van der Waals surface area contributed by atoms with Crippen LogP contribution in [0.4, 0.5) is 14.5 Å². The zero-order valence-electron chi connectivity index (χ0n) is 11.5. The van der Waals surface area contributed by atoms with E-state index in [9.17, 15) is 8.78 Å². The van der Waals surface area contributed by atoms with Gasteiger partial charge >= 0.3 is 0 Å². The van der Waals surface area contributed by atoms with Gasteiger partial charge in [-0.15, -0.1) is 11.3 Å². The molecule has 0 atom stereocenters. The van der Waals surface area contributed by atoms with E-state index in [2.05, 4.69) is 9.56 Å². The fourth-order valence-corrected chi connectivity index (χ4v) is 3.33. The van der Waals surface area contributed by atoms with Crippen molar-refractivity contribution in [1.82, 2.24) is 4.57 Å². The van der Waals surface area contributed by atoms with Gasteiger partial charge in [-0.2, -0.15) is 0 Å². The number of halogens is 2. The standard InChI is InChI=1S/C16H12F2N2OS/c17-10-3-6-13(12(18)8-10)19-16-20(11-4-5-11)14(9-22-16)15-2-1-7-21-15/h1-3,6-9,11H,4-5H2. The molecule has 0 spiro atoms. The highest BCUT2D eigenvalue weighted by Crippen LogP contribution is 2.38. The first-order chi connectivity index (χ1) is 10.7. The van der Waals surface area contributed by atoms with Crippen LogP contribution in [0.5, 0.6) is 0 Å². The Balaban J connectivity index is 1.87. The lowest BCUT2D eigenvalue weighted by atomic mass is 10.3. The molecule has 3 nitrogen and oxygen atoms in total. The molecule has 3 aromatic rings. The Morgan fingerprint density at radius 2 is 2.09 bits per heavy atom. The summed E-state index contributed by atoms with van der Waals surface area (Å²) >= 11 is 1.43. The topological polar surface area (TPSA) is 30.4 Å². The molecule has 1 aromatic carbocycles. The maximum atomic E-state index is 13.8. The van der Waals surface area contributed by atoms with Crippen LogP contribution in [0.25, 0.3) is 11.5 Å². The normalized spacial score (nSPS) is 15.5. The summed E-state index contributed by atoms with van der Waals surface area (Å²) in [5.74, 6) is -0.492. The maximum absolute atomic E-state index is 13.8. The predicted molar refractivity (Wildman–Crippen MR) is 79.9 cm³/mol. The minimum absolute atomic E-state index is 0.142. The Kier molecular flexibility index (Phi) is 3.18. The van der Waals surface area contributed by atoms with Crippen molar-refractivity contribution < 1.29 is 13.2 Å². The molecule has 0 radical (unpaired) electrons. The third-order valence-electron chi connectivity index (χ3n) is 3.55. The number of nitrogens with zero attached hydrogens (tertiary/aromatic N) is 2. The molecule has 0 amide bonds. The minimum Gasteiger partial charge on any atom is -0.463 e. The van der Waals surface area contributed by atoms with Crippen LogP contribution >= 0.6 is 11.3 Å². The van der Waals surface area contributed by atoms with E-state index in [1.165, 1.54) is 23.5 Å². The van der Waals surface area contributed by atoms with Crippen LogP contribution in [0.2, 0.25) is 0 Å². The van der Waals surface area contributed by atoms with Crippen molar-refractivity contribution in [1.29, 1.82) is 0 Å². The number of benzene rings is 1. The average Bonchev–Trinajstić information content (AvgIpc) is 3.02. The summed E-state index contributed by atoms with van der Waals surface area (Å²) in [6.07, 6.45) is 3.77. The van der Waals surface area contributed by atoms with Crippen LogP contribution < -0.4 is 4.80 Å². The zero-order valence-corrected chi connectivity index (χ0v) is 12.3. The lowest BCUT2D eigenvalue weighted by Crippen LogP contribution is -2.14. The van der Waals surface area contributed by atoms with Gasteiger partial charge in [0.05, 0.1) is 12.0 Å². The van der Waals surface area contributed by atoms with Gasteiger partial charge in [-0.25, -0.2) is 13.8 Å². The summed E-state index contributed by atoms with van der Waals surface area (Å²) < 4.78 is 34.3. The Labute approximate surface area is 129 Å². The largest absolute Gasteiger partial charge is 0.463 e. The molecule has 2 heterocycles. The summed E-state index contributed by atoms with van der Waals surface area (Å²) in [6, 6.07) is 7.51. The number of thiazole rings is 1. The van der Waals surface area contributed by atoms with Crippen LogP contribution in [0.15, 0.2) is 51.4 Å². The monoisotopic (exact) mass is 318 g/mol.